The Bertz CT molecular complexity index is 1610. The van der Waals surface area contributed by atoms with Crippen LogP contribution in [0.4, 0.5) is 11.5 Å². The number of anilines is 2. The van der Waals surface area contributed by atoms with E-state index in [2.05, 4.69) is 80.6 Å². The third-order valence-corrected chi connectivity index (χ3v) is 10.4. The van der Waals surface area contributed by atoms with Gasteiger partial charge in [-0.2, -0.15) is 0 Å². The predicted molar refractivity (Wildman–Crippen MR) is 181 cm³/mol. The van der Waals surface area contributed by atoms with E-state index in [0.717, 1.165) is 75.5 Å². The summed E-state index contributed by atoms with van der Waals surface area (Å²) in [5.41, 5.74) is 6.61. The van der Waals surface area contributed by atoms with Crippen LogP contribution in [0.15, 0.2) is 54.9 Å². The van der Waals surface area contributed by atoms with Gasteiger partial charge in [0, 0.05) is 49.9 Å². The molecule has 1 aromatic heterocycles. The maximum absolute atomic E-state index is 13.1. The number of piperidine rings is 3. The quantitative estimate of drug-likeness (QED) is 0.339. The van der Waals surface area contributed by atoms with Crippen molar-refractivity contribution in [1.82, 2.24) is 25.1 Å². The molecule has 5 heterocycles. The van der Waals surface area contributed by atoms with Crippen LogP contribution in [0.2, 0.25) is 0 Å². The largest absolute Gasteiger partial charge is 0.371 e. The standard InChI is InChI=1S/C37H45N7O3/c1-24(2)32-20-39-34(21-38-32)40-29-13-17-43(18-14-29)30-6-3-25(4-7-30)22-42-15-11-26(12-16-42)27-5-8-31-28(19-27)23-44(37(31)47)33-9-10-35(45)41-36(33)46/h3-8,19-21,24,26,29,33H,9-18,22-23H2,1-2H3,(H,39,40)(H,41,45,46). The minimum Gasteiger partial charge on any atom is -0.371 e. The third kappa shape index (κ3) is 6.88. The Morgan fingerprint density at radius 1 is 0.894 bits per heavy atom. The molecule has 3 aromatic rings. The Labute approximate surface area is 276 Å². The second kappa shape index (κ2) is 13.4. The van der Waals surface area contributed by atoms with E-state index in [1.54, 1.807) is 4.90 Å². The zero-order valence-electron chi connectivity index (χ0n) is 27.5. The molecule has 246 valence electrons. The average Bonchev–Trinajstić information content (AvgIpc) is 3.41. The highest BCUT2D eigenvalue weighted by molar-refractivity contribution is 6.05. The molecule has 7 rings (SSSR count). The molecule has 2 aromatic carbocycles. The van der Waals surface area contributed by atoms with Crippen LogP contribution in [-0.2, 0) is 22.7 Å². The molecule has 3 amide bonds. The van der Waals surface area contributed by atoms with Gasteiger partial charge in [0.25, 0.3) is 5.91 Å². The van der Waals surface area contributed by atoms with E-state index in [-0.39, 0.29) is 24.1 Å². The van der Waals surface area contributed by atoms with Gasteiger partial charge in [-0.05, 0) is 91.9 Å². The Morgan fingerprint density at radius 3 is 2.34 bits per heavy atom. The lowest BCUT2D eigenvalue weighted by molar-refractivity contribution is -0.136. The first-order chi connectivity index (χ1) is 22.8. The highest BCUT2D eigenvalue weighted by atomic mass is 16.2. The Morgan fingerprint density at radius 2 is 1.66 bits per heavy atom. The van der Waals surface area contributed by atoms with E-state index in [1.165, 1.54) is 16.8 Å². The van der Waals surface area contributed by atoms with Crippen molar-refractivity contribution < 1.29 is 14.4 Å². The molecule has 1 atom stereocenters. The van der Waals surface area contributed by atoms with Crippen molar-refractivity contribution in [2.75, 3.05) is 36.4 Å². The number of rotatable bonds is 8. The minimum atomic E-state index is -0.572. The van der Waals surface area contributed by atoms with Crippen molar-refractivity contribution in [2.24, 2.45) is 0 Å². The summed E-state index contributed by atoms with van der Waals surface area (Å²) in [7, 11) is 0. The number of nitrogens with zero attached hydrogens (tertiary/aromatic N) is 5. The van der Waals surface area contributed by atoms with Crippen molar-refractivity contribution in [1.29, 1.82) is 0 Å². The second-order valence-corrected chi connectivity index (χ2v) is 13.9. The van der Waals surface area contributed by atoms with Crippen molar-refractivity contribution in [3.05, 3.63) is 82.8 Å². The maximum atomic E-state index is 13.1. The van der Waals surface area contributed by atoms with E-state index >= 15 is 0 Å². The average molecular weight is 636 g/mol. The smallest absolute Gasteiger partial charge is 0.255 e. The SMILES string of the molecule is CC(C)c1cnc(NC2CCN(c3ccc(CN4CCC(c5ccc6c(c5)CN(C5CCC(=O)NC5=O)C6=O)CC4)cc3)CC2)cn1. The van der Waals surface area contributed by atoms with Gasteiger partial charge in [-0.25, -0.2) is 4.98 Å². The summed E-state index contributed by atoms with van der Waals surface area (Å²) in [6, 6.07) is 15.2. The topological polar surface area (TPSA) is 111 Å². The molecule has 10 heteroatoms. The summed E-state index contributed by atoms with van der Waals surface area (Å²) in [6.07, 6.45) is 8.71. The number of nitrogens with one attached hydrogen (secondary N) is 2. The zero-order valence-corrected chi connectivity index (χ0v) is 27.5. The van der Waals surface area contributed by atoms with Crippen molar-refractivity contribution >= 4 is 29.2 Å². The number of benzene rings is 2. The molecule has 10 nitrogen and oxygen atoms in total. The van der Waals surface area contributed by atoms with E-state index in [1.807, 2.05) is 18.5 Å². The third-order valence-electron chi connectivity index (χ3n) is 10.4. The Kier molecular flexibility index (Phi) is 8.94. The van der Waals surface area contributed by atoms with Crippen molar-refractivity contribution in [2.45, 2.75) is 89.4 Å². The van der Waals surface area contributed by atoms with Crippen LogP contribution < -0.4 is 15.5 Å². The Balaban J connectivity index is 0.870. The molecule has 3 fully saturated rings. The van der Waals surface area contributed by atoms with E-state index < -0.39 is 6.04 Å². The van der Waals surface area contributed by atoms with E-state index in [4.69, 9.17) is 0 Å². The van der Waals surface area contributed by atoms with Gasteiger partial charge in [0.2, 0.25) is 11.8 Å². The van der Waals surface area contributed by atoms with Gasteiger partial charge in [-0.3, -0.25) is 29.6 Å². The van der Waals surface area contributed by atoms with Gasteiger partial charge >= 0.3 is 0 Å². The van der Waals surface area contributed by atoms with Gasteiger partial charge < -0.3 is 15.1 Å². The van der Waals surface area contributed by atoms with Gasteiger partial charge in [-0.15, -0.1) is 0 Å². The molecule has 0 aliphatic carbocycles. The minimum absolute atomic E-state index is 0.109. The monoisotopic (exact) mass is 635 g/mol. The number of hydrogen-bond donors (Lipinski definition) is 2. The molecule has 2 N–H and O–H groups in total. The highest BCUT2D eigenvalue weighted by Crippen LogP contribution is 2.34. The fraction of sp³-hybridized carbons (Fsp3) is 0.486. The molecule has 47 heavy (non-hydrogen) atoms. The molecule has 4 aliphatic rings. The summed E-state index contributed by atoms with van der Waals surface area (Å²) < 4.78 is 0. The fourth-order valence-electron chi connectivity index (χ4n) is 7.54. The van der Waals surface area contributed by atoms with Crippen LogP contribution in [0.1, 0.15) is 97.0 Å². The number of carbonyl (C=O) groups is 3. The van der Waals surface area contributed by atoms with Gasteiger partial charge in [0.05, 0.1) is 18.1 Å². The van der Waals surface area contributed by atoms with Crippen LogP contribution in [0, 0.1) is 0 Å². The lowest BCUT2D eigenvalue weighted by Crippen LogP contribution is -2.52. The van der Waals surface area contributed by atoms with Crippen LogP contribution in [0.5, 0.6) is 0 Å². The Hall–Kier alpha value is -4.31. The first-order valence-electron chi connectivity index (χ1n) is 17.2. The lowest BCUT2D eigenvalue weighted by Gasteiger charge is -2.34. The number of fused-ring (bicyclic) bond motifs is 1. The summed E-state index contributed by atoms with van der Waals surface area (Å²) in [6.45, 7) is 9.77. The molecule has 0 bridgehead atoms. The lowest BCUT2D eigenvalue weighted by atomic mass is 9.87. The number of carbonyl (C=O) groups excluding carboxylic acids is 3. The van der Waals surface area contributed by atoms with Gasteiger partial charge in [0.1, 0.15) is 11.9 Å². The van der Waals surface area contributed by atoms with Gasteiger partial charge in [0.15, 0.2) is 0 Å². The zero-order chi connectivity index (χ0) is 32.5. The van der Waals surface area contributed by atoms with Crippen LogP contribution in [-0.4, -0.2) is 75.8 Å². The number of aromatic nitrogens is 2. The molecular formula is C37H45N7O3. The highest BCUT2D eigenvalue weighted by Gasteiger charge is 2.39. The van der Waals surface area contributed by atoms with Crippen molar-refractivity contribution in [3.8, 4) is 0 Å². The molecule has 0 saturated carbocycles. The normalized spacial score (nSPS) is 21.3. The van der Waals surface area contributed by atoms with Crippen LogP contribution in [0.25, 0.3) is 0 Å². The molecule has 4 aliphatic heterocycles. The van der Waals surface area contributed by atoms with E-state index in [0.29, 0.717) is 36.4 Å². The maximum Gasteiger partial charge on any atom is 0.255 e. The number of imide groups is 1. The summed E-state index contributed by atoms with van der Waals surface area (Å²) >= 11 is 0. The summed E-state index contributed by atoms with van der Waals surface area (Å²) in [4.78, 5) is 52.8. The van der Waals surface area contributed by atoms with Crippen LogP contribution in [0.3, 0.4) is 0 Å². The van der Waals surface area contributed by atoms with Crippen LogP contribution >= 0.6 is 0 Å². The second-order valence-electron chi connectivity index (χ2n) is 13.9. The summed E-state index contributed by atoms with van der Waals surface area (Å²) in [5, 5.41) is 5.96. The molecule has 1 unspecified atom stereocenters. The molecule has 0 spiro atoms. The number of likely N-dealkylation sites (tertiary alicyclic amines) is 1. The molecule has 0 radical (unpaired) electrons. The first kappa shape index (κ1) is 31.3. The van der Waals surface area contributed by atoms with E-state index in [9.17, 15) is 14.4 Å². The van der Waals surface area contributed by atoms with Gasteiger partial charge in [-0.1, -0.05) is 38.1 Å². The predicted octanol–water partition coefficient (Wildman–Crippen LogP) is 4.82. The van der Waals surface area contributed by atoms with Crippen molar-refractivity contribution in [3.63, 3.8) is 0 Å². The first-order valence-corrected chi connectivity index (χ1v) is 17.2. The number of hydrogen-bond acceptors (Lipinski definition) is 8. The fourth-order valence-corrected chi connectivity index (χ4v) is 7.54. The molecule has 3 saturated heterocycles. The number of amides is 3. The molecular weight excluding hydrogens is 590 g/mol. The summed E-state index contributed by atoms with van der Waals surface area (Å²) in [5.74, 6) is 0.977.